The molecule has 2 saturated heterocycles. The lowest BCUT2D eigenvalue weighted by Gasteiger charge is -2.34. The van der Waals surface area contributed by atoms with Crippen LogP contribution in [0.2, 0.25) is 0 Å². The van der Waals surface area contributed by atoms with E-state index in [-0.39, 0.29) is 16.5 Å². The zero-order valence-electron chi connectivity index (χ0n) is 11.7. The summed E-state index contributed by atoms with van der Waals surface area (Å²) in [5.41, 5.74) is -0.158. The van der Waals surface area contributed by atoms with Gasteiger partial charge in [-0.15, -0.1) is 0 Å². The molecule has 3 nitrogen and oxygen atoms in total. The average Bonchev–Trinajstić information content (AvgIpc) is 2.90. The average molecular weight is 268 g/mol. The summed E-state index contributed by atoms with van der Waals surface area (Å²) < 4.78 is 0.283. The second-order valence-corrected chi connectivity index (χ2v) is 8.43. The highest BCUT2D eigenvalue weighted by atomic mass is 32.2. The van der Waals surface area contributed by atoms with Crippen LogP contribution in [0.3, 0.4) is 0 Å². The third kappa shape index (κ3) is 1.97. The predicted octanol–water partition coefficient (Wildman–Crippen LogP) is 2.22. The molecule has 0 aromatic carbocycles. The van der Waals surface area contributed by atoms with Crippen LogP contribution in [-0.2, 0) is 4.79 Å². The SMILES string of the molecule is CC(C)C1NC2(CC2)C(=O)N1CC1(C)CCCS1. The van der Waals surface area contributed by atoms with Crippen LogP contribution < -0.4 is 5.32 Å². The number of carbonyl (C=O) groups excluding carboxylic acids is 1. The molecule has 0 aromatic heterocycles. The summed E-state index contributed by atoms with van der Waals surface area (Å²) in [7, 11) is 0. The number of carbonyl (C=O) groups is 1. The number of rotatable bonds is 3. The second-order valence-electron chi connectivity index (χ2n) is 6.75. The molecular formula is C14H24N2OS. The van der Waals surface area contributed by atoms with Gasteiger partial charge in [0.1, 0.15) is 0 Å². The van der Waals surface area contributed by atoms with Crippen molar-refractivity contribution in [2.75, 3.05) is 12.3 Å². The number of hydrogen-bond acceptors (Lipinski definition) is 3. The zero-order valence-corrected chi connectivity index (χ0v) is 12.5. The van der Waals surface area contributed by atoms with Crippen LogP contribution in [0, 0.1) is 5.92 Å². The monoisotopic (exact) mass is 268 g/mol. The maximum atomic E-state index is 12.6. The van der Waals surface area contributed by atoms with Crippen molar-refractivity contribution in [3.05, 3.63) is 0 Å². The molecule has 3 aliphatic rings. The van der Waals surface area contributed by atoms with Crippen molar-refractivity contribution in [1.29, 1.82) is 0 Å². The van der Waals surface area contributed by atoms with Crippen molar-refractivity contribution in [2.45, 2.75) is 62.9 Å². The van der Waals surface area contributed by atoms with E-state index >= 15 is 0 Å². The molecule has 102 valence electrons. The number of amides is 1. The Hall–Kier alpha value is -0.220. The minimum absolute atomic E-state index is 0.158. The minimum atomic E-state index is -0.158. The number of thioether (sulfide) groups is 1. The van der Waals surface area contributed by atoms with Crippen LogP contribution in [0.1, 0.15) is 46.5 Å². The van der Waals surface area contributed by atoms with Crippen molar-refractivity contribution in [2.24, 2.45) is 5.92 Å². The van der Waals surface area contributed by atoms with Gasteiger partial charge in [0.25, 0.3) is 0 Å². The predicted molar refractivity (Wildman–Crippen MR) is 75.5 cm³/mol. The summed E-state index contributed by atoms with van der Waals surface area (Å²) >= 11 is 2.05. The van der Waals surface area contributed by atoms with Crippen molar-refractivity contribution >= 4 is 17.7 Å². The molecule has 1 amide bonds. The maximum absolute atomic E-state index is 12.6. The van der Waals surface area contributed by atoms with Gasteiger partial charge >= 0.3 is 0 Å². The first-order valence-electron chi connectivity index (χ1n) is 7.19. The first-order chi connectivity index (χ1) is 8.46. The van der Waals surface area contributed by atoms with Crippen LogP contribution in [0.4, 0.5) is 0 Å². The lowest BCUT2D eigenvalue weighted by molar-refractivity contribution is -0.131. The molecule has 0 radical (unpaired) electrons. The van der Waals surface area contributed by atoms with E-state index in [4.69, 9.17) is 0 Å². The molecule has 2 atom stereocenters. The smallest absolute Gasteiger partial charge is 0.244 e. The van der Waals surface area contributed by atoms with Gasteiger partial charge in [0.2, 0.25) is 5.91 Å². The maximum Gasteiger partial charge on any atom is 0.244 e. The van der Waals surface area contributed by atoms with Gasteiger partial charge in [-0.2, -0.15) is 11.8 Å². The Morgan fingerprint density at radius 2 is 2.17 bits per heavy atom. The largest absolute Gasteiger partial charge is 0.324 e. The van der Waals surface area contributed by atoms with Gasteiger partial charge in [0, 0.05) is 11.3 Å². The Bertz CT molecular complexity index is 359. The van der Waals surface area contributed by atoms with Gasteiger partial charge in [-0.1, -0.05) is 13.8 Å². The van der Waals surface area contributed by atoms with Gasteiger partial charge in [-0.25, -0.2) is 0 Å². The molecule has 2 aliphatic heterocycles. The van der Waals surface area contributed by atoms with Gasteiger partial charge in [-0.3, -0.25) is 10.1 Å². The third-order valence-electron chi connectivity index (χ3n) is 4.62. The molecule has 18 heavy (non-hydrogen) atoms. The summed E-state index contributed by atoms with van der Waals surface area (Å²) in [4.78, 5) is 14.7. The van der Waals surface area contributed by atoms with E-state index in [1.165, 1.54) is 18.6 Å². The number of hydrogen-bond donors (Lipinski definition) is 1. The van der Waals surface area contributed by atoms with E-state index in [0.29, 0.717) is 11.8 Å². The number of nitrogens with one attached hydrogen (secondary N) is 1. The summed E-state index contributed by atoms with van der Waals surface area (Å²) in [5, 5.41) is 3.60. The quantitative estimate of drug-likeness (QED) is 0.852. The highest BCUT2D eigenvalue weighted by Gasteiger charge is 2.60. The fraction of sp³-hybridized carbons (Fsp3) is 0.929. The number of nitrogens with zero attached hydrogens (tertiary/aromatic N) is 1. The standard InChI is InChI=1S/C14H24N2OS/c1-10(2)11-15-14(6-7-14)12(17)16(11)9-13(3)5-4-8-18-13/h10-11,15H,4-9H2,1-3H3. The first-order valence-corrected chi connectivity index (χ1v) is 8.17. The fourth-order valence-corrected chi connectivity index (χ4v) is 4.63. The molecule has 0 bridgehead atoms. The second kappa shape index (κ2) is 4.14. The van der Waals surface area contributed by atoms with E-state index in [1.807, 2.05) is 11.8 Å². The van der Waals surface area contributed by atoms with E-state index in [0.717, 1.165) is 19.4 Å². The third-order valence-corrected chi connectivity index (χ3v) is 6.14. The molecule has 1 N–H and O–H groups in total. The van der Waals surface area contributed by atoms with Gasteiger partial charge < -0.3 is 4.90 Å². The summed E-state index contributed by atoms with van der Waals surface area (Å²) in [6.45, 7) is 7.67. The van der Waals surface area contributed by atoms with E-state index < -0.39 is 0 Å². The molecule has 2 heterocycles. The fourth-order valence-electron chi connectivity index (χ4n) is 3.33. The Morgan fingerprint density at radius 1 is 1.44 bits per heavy atom. The zero-order chi connectivity index (χ0) is 13.0. The first kappa shape index (κ1) is 12.8. The van der Waals surface area contributed by atoms with Crippen LogP contribution in [0.15, 0.2) is 0 Å². The Kier molecular flexibility index (Phi) is 2.94. The lowest BCUT2D eigenvalue weighted by Crippen LogP contribution is -2.47. The van der Waals surface area contributed by atoms with Gasteiger partial charge in [-0.05, 0) is 44.3 Å². The van der Waals surface area contributed by atoms with Crippen LogP contribution in [-0.4, -0.2) is 39.6 Å². The molecule has 2 unspecified atom stereocenters. The molecule has 0 aromatic rings. The van der Waals surface area contributed by atoms with E-state index in [9.17, 15) is 4.79 Å². The van der Waals surface area contributed by atoms with Crippen molar-refractivity contribution in [3.63, 3.8) is 0 Å². The molecule has 1 spiro atoms. The molecule has 3 fully saturated rings. The molecule has 1 aliphatic carbocycles. The van der Waals surface area contributed by atoms with Crippen LogP contribution >= 0.6 is 11.8 Å². The van der Waals surface area contributed by atoms with E-state index in [1.54, 1.807) is 0 Å². The Labute approximate surface area is 114 Å². The van der Waals surface area contributed by atoms with Crippen molar-refractivity contribution in [1.82, 2.24) is 10.2 Å². The normalized spacial score (nSPS) is 38.1. The molecule has 4 heteroatoms. The molecule has 3 rings (SSSR count). The molecule has 1 saturated carbocycles. The van der Waals surface area contributed by atoms with Crippen molar-refractivity contribution < 1.29 is 4.79 Å². The van der Waals surface area contributed by atoms with E-state index in [2.05, 4.69) is 31.0 Å². The Morgan fingerprint density at radius 3 is 2.67 bits per heavy atom. The highest BCUT2D eigenvalue weighted by Crippen LogP contribution is 2.46. The van der Waals surface area contributed by atoms with Crippen LogP contribution in [0.25, 0.3) is 0 Å². The van der Waals surface area contributed by atoms with Crippen molar-refractivity contribution in [3.8, 4) is 0 Å². The van der Waals surface area contributed by atoms with Crippen LogP contribution in [0.5, 0.6) is 0 Å². The summed E-state index contributed by atoms with van der Waals surface area (Å²) in [6, 6.07) is 0. The topological polar surface area (TPSA) is 32.3 Å². The lowest BCUT2D eigenvalue weighted by atomic mass is 10.0. The Balaban J connectivity index is 1.77. The summed E-state index contributed by atoms with van der Waals surface area (Å²) in [6.07, 6.45) is 4.87. The minimum Gasteiger partial charge on any atom is -0.324 e. The summed E-state index contributed by atoms with van der Waals surface area (Å²) in [5.74, 6) is 2.11. The highest BCUT2D eigenvalue weighted by molar-refractivity contribution is 8.00. The molecular weight excluding hydrogens is 244 g/mol. The van der Waals surface area contributed by atoms with Gasteiger partial charge in [0.05, 0.1) is 11.7 Å². The van der Waals surface area contributed by atoms with Gasteiger partial charge in [0.15, 0.2) is 0 Å².